The molecule has 0 radical (unpaired) electrons. The van der Waals surface area contributed by atoms with Gasteiger partial charge in [0.15, 0.2) is 0 Å². The van der Waals surface area contributed by atoms with Gasteiger partial charge in [0.2, 0.25) is 0 Å². The predicted octanol–water partition coefficient (Wildman–Crippen LogP) is 6.63. The van der Waals surface area contributed by atoms with Crippen molar-refractivity contribution in [3.8, 4) is 0 Å². The van der Waals surface area contributed by atoms with Crippen LogP contribution in [0.15, 0.2) is 40.9 Å². The Balaban J connectivity index is 2.31. The van der Waals surface area contributed by atoms with Crippen molar-refractivity contribution in [2.45, 2.75) is 26.3 Å². The molecule has 2 aromatic rings. The van der Waals surface area contributed by atoms with Gasteiger partial charge in [0.25, 0.3) is 0 Å². The molecule has 1 unspecified atom stereocenters. The standard InChI is InChI=1S/C16H16BrCl2N/c1-3-15(12-8-7-11(18)9-14(12)19)20-16-6-4-5-13(17)10(16)2/h4-9,15,20H,3H2,1-2H3. The maximum Gasteiger partial charge on any atom is 0.0526 e. The molecule has 0 fully saturated rings. The van der Waals surface area contributed by atoms with Crippen LogP contribution in [-0.2, 0) is 0 Å². The SMILES string of the molecule is CCC(Nc1cccc(Br)c1C)c1ccc(Cl)cc1Cl. The van der Waals surface area contributed by atoms with Gasteiger partial charge in [0.05, 0.1) is 6.04 Å². The van der Waals surface area contributed by atoms with Gasteiger partial charge >= 0.3 is 0 Å². The Morgan fingerprint density at radius 3 is 2.60 bits per heavy atom. The normalized spacial score (nSPS) is 12.2. The van der Waals surface area contributed by atoms with Crippen LogP contribution in [0.2, 0.25) is 10.0 Å². The summed E-state index contributed by atoms with van der Waals surface area (Å²) in [4.78, 5) is 0. The average molecular weight is 373 g/mol. The van der Waals surface area contributed by atoms with E-state index in [4.69, 9.17) is 23.2 Å². The molecule has 0 saturated carbocycles. The highest BCUT2D eigenvalue weighted by molar-refractivity contribution is 9.10. The van der Waals surface area contributed by atoms with Crippen molar-refractivity contribution in [2.24, 2.45) is 0 Å². The topological polar surface area (TPSA) is 12.0 Å². The van der Waals surface area contributed by atoms with Gasteiger partial charge in [0.1, 0.15) is 0 Å². The highest BCUT2D eigenvalue weighted by Crippen LogP contribution is 2.32. The molecular formula is C16H16BrCl2N. The van der Waals surface area contributed by atoms with E-state index in [1.54, 1.807) is 6.07 Å². The lowest BCUT2D eigenvalue weighted by atomic mass is 10.0. The van der Waals surface area contributed by atoms with Crippen LogP contribution in [-0.4, -0.2) is 0 Å². The zero-order valence-electron chi connectivity index (χ0n) is 11.4. The van der Waals surface area contributed by atoms with E-state index < -0.39 is 0 Å². The van der Waals surface area contributed by atoms with E-state index in [2.05, 4.69) is 41.2 Å². The van der Waals surface area contributed by atoms with Crippen LogP contribution in [0.25, 0.3) is 0 Å². The summed E-state index contributed by atoms with van der Waals surface area (Å²) in [7, 11) is 0. The fourth-order valence-electron chi connectivity index (χ4n) is 2.14. The van der Waals surface area contributed by atoms with Gasteiger partial charge < -0.3 is 5.32 Å². The lowest BCUT2D eigenvalue weighted by molar-refractivity contribution is 0.748. The van der Waals surface area contributed by atoms with Crippen LogP contribution in [0, 0.1) is 6.92 Å². The minimum atomic E-state index is 0.160. The first-order chi connectivity index (χ1) is 9.52. The molecule has 1 nitrogen and oxygen atoms in total. The minimum absolute atomic E-state index is 0.160. The van der Waals surface area contributed by atoms with E-state index in [9.17, 15) is 0 Å². The molecule has 0 amide bonds. The molecule has 2 rings (SSSR count). The molecule has 1 N–H and O–H groups in total. The summed E-state index contributed by atoms with van der Waals surface area (Å²) in [6, 6.07) is 11.9. The van der Waals surface area contributed by atoms with Gasteiger partial charge in [0, 0.05) is 20.2 Å². The summed E-state index contributed by atoms with van der Waals surface area (Å²) < 4.78 is 1.10. The number of hydrogen-bond donors (Lipinski definition) is 1. The highest BCUT2D eigenvalue weighted by atomic mass is 79.9. The molecule has 2 aromatic carbocycles. The average Bonchev–Trinajstić information content (AvgIpc) is 2.41. The van der Waals surface area contributed by atoms with E-state index in [1.165, 1.54) is 5.56 Å². The molecule has 0 saturated heterocycles. The number of anilines is 1. The molecule has 106 valence electrons. The Morgan fingerprint density at radius 2 is 1.95 bits per heavy atom. The van der Waals surface area contributed by atoms with Crippen molar-refractivity contribution in [3.05, 3.63) is 62.0 Å². The third-order valence-electron chi connectivity index (χ3n) is 3.34. The van der Waals surface area contributed by atoms with Crippen LogP contribution in [0.1, 0.15) is 30.5 Å². The molecule has 0 aliphatic carbocycles. The second kappa shape index (κ2) is 6.84. The molecule has 0 spiro atoms. The second-order valence-electron chi connectivity index (χ2n) is 4.68. The molecule has 0 aliphatic rings. The van der Waals surface area contributed by atoms with Crippen molar-refractivity contribution in [1.82, 2.24) is 0 Å². The van der Waals surface area contributed by atoms with Crippen molar-refractivity contribution >= 4 is 44.8 Å². The maximum atomic E-state index is 6.31. The monoisotopic (exact) mass is 371 g/mol. The summed E-state index contributed by atoms with van der Waals surface area (Å²) in [5.74, 6) is 0. The molecule has 0 aromatic heterocycles. The van der Waals surface area contributed by atoms with Crippen LogP contribution in [0.3, 0.4) is 0 Å². The number of hydrogen-bond acceptors (Lipinski definition) is 1. The zero-order chi connectivity index (χ0) is 14.7. The fourth-order valence-corrected chi connectivity index (χ4v) is 3.04. The molecule has 4 heteroatoms. The first-order valence-corrected chi connectivity index (χ1v) is 8.04. The van der Waals surface area contributed by atoms with Crippen molar-refractivity contribution < 1.29 is 0 Å². The van der Waals surface area contributed by atoms with Gasteiger partial charge in [-0.3, -0.25) is 0 Å². The summed E-state index contributed by atoms with van der Waals surface area (Å²) in [6.07, 6.45) is 0.938. The summed E-state index contributed by atoms with van der Waals surface area (Å²) in [5, 5.41) is 4.91. The predicted molar refractivity (Wildman–Crippen MR) is 92.0 cm³/mol. The Bertz CT molecular complexity index is 613. The van der Waals surface area contributed by atoms with Crippen LogP contribution < -0.4 is 5.32 Å². The lowest BCUT2D eigenvalue weighted by Crippen LogP contribution is -2.11. The van der Waals surface area contributed by atoms with E-state index in [-0.39, 0.29) is 6.04 Å². The van der Waals surface area contributed by atoms with E-state index in [0.29, 0.717) is 10.0 Å². The lowest BCUT2D eigenvalue weighted by Gasteiger charge is -2.21. The number of rotatable bonds is 4. The highest BCUT2D eigenvalue weighted by Gasteiger charge is 2.14. The number of benzene rings is 2. The van der Waals surface area contributed by atoms with Gasteiger partial charge in [-0.15, -0.1) is 0 Å². The number of halogens is 3. The molecule has 20 heavy (non-hydrogen) atoms. The largest absolute Gasteiger partial charge is 0.378 e. The fraction of sp³-hybridized carbons (Fsp3) is 0.250. The zero-order valence-corrected chi connectivity index (χ0v) is 14.5. The summed E-state index contributed by atoms with van der Waals surface area (Å²) >= 11 is 15.8. The molecule has 1 atom stereocenters. The molecule has 0 heterocycles. The Kier molecular flexibility index (Phi) is 5.36. The van der Waals surface area contributed by atoms with Crippen LogP contribution in [0.5, 0.6) is 0 Å². The van der Waals surface area contributed by atoms with E-state index in [1.807, 2.05) is 24.3 Å². The third-order valence-corrected chi connectivity index (χ3v) is 4.77. The maximum absolute atomic E-state index is 6.31. The summed E-state index contributed by atoms with van der Waals surface area (Å²) in [6.45, 7) is 4.22. The summed E-state index contributed by atoms with van der Waals surface area (Å²) in [5.41, 5.74) is 3.37. The molecule has 0 aliphatic heterocycles. The first kappa shape index (κ1) is 15.7. The third kappa shape index (κ3) is 3.49. The van der Waals surface area contributed by atoms with Gasteiger partial charge in [-0.25, -0.2) is 0 Å². The molecule has 0 bridgehead atoms. The van der Waals surface area contributed by atoms with Gasteiger partial charge in [-0.05, 0) is 48.7 Å². The van der Waals surface area contributed by atoms with E-state index >= 15 is 0 Å². The van der Waals surface area contributed by atoms with Crippen molar-refractivity contribution in [3.63, 3.8) is 0 Å². The van der Waals surface area contributed by atoms with Crippen LogP contribution in [0.4, 0.5) is 5.69 Å². The Labute approximate surface area is 138 Å². The minimum Gasteiger partial charge on any atom is -0.378 e. The quantitative estimate of drug-likeness (QED) is 0.635. The Hall–Kier alpha value is -0.700. The second-order valence-corrected chi connectivity index (χ2v) is 6.38. The van der Waals surface area contributed by atoms with Crippen LogP contribution >= 0.6 is 39.1 Å². The smallest absolute Gasteiger partial charge is 0.0526 e. The van der Waals surface area contributed by atoms with Crippen molar-refractivity contribution in [1.29, 1.82) is 0 Å². The van der Waals surface area contributed by atoms with Gasteiger partial charge in [-0.1, -0.05) is 58.2 Å². The molecular weight excluding hydrogens is 357 g/mol. The number of nitrogens with one attached hydrogen (secondary N) is 1. The van der Waals surface area contributed by atoms with E-state index in [0.717, 1.165) is 22.1 Å². The first-order valence-electron chi connectivity index (χ1n) is 6.49. The van der Waals surface area contributed by atoms with Crippen molar-refractivity contribution in [2.75, 3.05) is 5.32 Å². The Morgan fingerprint density at radius 1 is 1.20 bits per heavy atom. The van der Waals surface area contributed by atoms with Gasteiger partial charge in [-0.2, -0.15) is 0 Å².